The van der Waals surface area contributed by atoms with Gasteiger partial charge in [-0.15, -0.1) is 0 Å². The van der Waals surface area contributed by atoms with Gasteiger partial charge < -0.3 is 5.11 Å². The van der Waals surface area contributed by atoms with Gasteiger partial charge >= 0.3 is 6.18 Å². The van der Waals surface area contributed by atoms with Crippen LogP contribution in [0.15, 0.2) is 0 Å². The van der Waals surface area contributed by atoms with Crippen LogP contribution in [0.1, 0.15) is 26.2 Å². The van der Waals surface area contributed by atoms with E-state index >= 15 is 0 Å². The van der Waals surface area contributed by atoms with Gasteiger partial charge in [0, 0.05) is 13.0 Å². The highest BCUT2D eigenvalue weighted by Gasteiger charge is 2.27. The molecule has 98 valence electrons. The molecule has 0 radical (unpaired) electrons. The van der Waals surface area contributed by atoms with E-state index in [1.54, 1.807) is 6.92 Å². The molecule has 1 atom stereocenters. The third-order valence-electron chi connectivity index (χ3n) is 1.88. The second-order valence-corrected chi connectivity index (χ2v) is 5.37. The summed E-state index contributed by atoms with van der Waals surface area (Å²) in [4.78, 5) is 0. The Kier molecular flexibility index (Phi) is 6.27. The van der Waals surface area contributed by atoms with Gasteiger partial charge in [-0.2, -0.15) is 13.2 Å². The summed E-state index contributed by atoms with van der Waals surface area (Å²) in [6.45, 7) is 1.51. The fourth-order valence-corrected chi connectivity index (χ4v) is 2.02. The van der Waals surface area contributed by atoms with Gasteiger partial charge in [-0.3, -0.25) is 0 Å². The highest BCUT2D eigenvalue weighted by atomic mass is 32.2. The van der Waals surface area contributed by atoms with Crippen LogP contribution in [0.25, 0.3) is 0 Å². The molecular formula is C8H16F3NO3S. The van der Waals surface area contributed by atoms with Gasteiger partial charge in [0.2, 0.25) is 10.0 Å². The van der Waals surface area contributed by atoms with Gasteiger partial charge in [0.15, 0.2) is 0 Å². The van der Waals surface area contributed by atoms with E-state index in [2.05, 4.69) is 4.72 Å². The van der Waals surface area contributed by atoms with Crippen LogP contribution in [0.5, 0.6) is 0 Å². The summed E-state index contributed by atoms with van der Waals surface area (Å²) in [5.41, 5.74) is 0. The normalized spacial score (nSPS) is 15.1. The van der Waals surface area contributed by atoms with Gasteiger partial charge in [0.25, 0.3) is 0 Å². The Morgan fingerprint density at radius 2 is 1.94 bits per heavy atom. The number of hydrogen-bond donors (Lipinski definition) is 2. The number of nitrogens with one attached hydrogen (secondary N) is 1. The Balaban J connectivity index is 3.89. The molecule has 0 saturated carbocycles. The zero-order valence-electron chi connectivity index (χ0n) is 8.92. The molecule has 0 bridgehead atoms. The highest BCUT2D eigenvalue weighted by Crippen LogP contribution is 2.21. The van der Waals surface area contributed by atoms with Crippen molar-refractivity contribution < 1.29 is 26.7 Å². The Morgan fingerprint density at radius 3 is 2.38 bits per heavy atom. The van der Waals surface area contributed by atoms with E-state index in [-0.39, 0.29) is 6.54 Å². The molecule has 0 aliphatic carbocycles. The van der Waals surface area contributed by atoms with E-state index in [9.17, 15) is 21.6 Å². The quantitative estimate of drug-likeness (QED) is 0.720. The maximum atomic E-state index is 11.7. The van der Waals surface area contributed by atoms with Crippen molar-refractivity contribution in [2.24, 2.45) is 0 Å². The minimum absolute atomic E-state index is 0.162. The van der Waals surface area contributed by atoms with Crippen LogP contribution in [0.3, 0.4) is 0 Å². The van der Waals surface area contributed by atoms with Crippen LogP contribution in [-0.2, 0) is 10.0 Å². The lowest BCUT2D eigenvalue weighted by molar-refractivity contribution is -0.134. The third kappa shape index (κ3) is 8.93. The second kappa shape index (κ2) is 6.41. The van der Waals surface area contributed by atoms with E-state index in [1.165, 1.54) is 0 Å². The van der Waals surface area contributed by atoms with E-state index in [4.69, 9.17) is 5.11 Å². The van der Waals surface area contributed by atoms with Crippen molar-refractivity contribution in [1.82, 2.24) is 4.72 Å². The average molecular weight is 263 g/mol. The number of aliphatic hydroxyl groups excluding tert-OH is 1. The lowest BCUT2D eigenvalue weighted by Gasteiger charge is -2.10. The molecule has 16 heavy (non-hydrogen) atoms. The Labute approximate surface area is 92.9 Å². The van der Waals surface area contributed by atoms with E-state index in [1.807, 2.05) is 0 Å². The topological polar surface area (TPSA) is 66.4 Å². The lowest BCUT2D eigenvalue weighted by atomic mass is 10.3. The zero-order valence-corrected chi connectivity index (χ0v) is 9.74. The number of aliphatic hydroxyl groups is 1. The molecule has 0 heterocycles. The molecule has 4 nitrogen and oxygen atoms in total. The highest BCUT2D eigenvalue weighted by molar-refractivity contribution is 7.89. The van der Waals surface area contributed by atoms with E-state index < -0.39 is 40.9 Å². The summed E-state index contributed by atoms with van der Waals surface area (Å²) >= 11 is 0. The Morgan fingerprint density at radius 1 is 1.38 bits per heavy atom. The molecule has 2 N–H and O–H groups in total. The zero-order chi connectivity index (χ0) is 12.8. The molecule has 0 spiro atoms. The fourth-order valence-electron chi connectivity index (χ4n) is 0.902. The van der Waals surface area contributed by atoms with Crippen LogP contribution in [0, 0.1) is 0 Å². The monoisotopic (exact) mass is 263 g/mol. The Bertz CT molecular complexity index is 289. The summed E-state index contributed by atoms with van der Waals surface area (Å²) in [5.74, 6) is -0.580. The standard InChI is InChI=1S/C8H16F3NO3S/c1-2-7(13)6-12-16(14,15)5-3-4-8(9,10)11/h7,12-13H,2-6H2,1H3. The number of alkyl halides is 3. The van der Waals surface area contributed by atoms with Crippen molar-refractivity contribution in [3.63, 3.8) is 0 Å². The van der Waals surface area contributed by atoms with Crippen molar-refractivity contribution in [3.8, 4) is 0 Å². The second-order valence-electron chi connectivity index (χ2n) is 3.45. The number of hydrogen-bond acceptors (Lipinski definition) is 3. The van der Waals surface area contributed by atoms with Crippen molar-refractivity contribution in [1.29, 1.82) is 0 Å². The first-order valence-electron chi connectivity index (χ1n) is 4.88. The van der Waals surface area contributed by atoms with E-state index in [0.717, 1.165) is 0 Å². The summed E-state index contributed by atoms with van der Waals surface area (Å²) < 4.78 is 59.6. The molecule has 1 unspecified atom stereocenters. The molecule has 0 saturated heterocycles. The molecule has 0 aliphatic heterocycles. The molecule has 0 amide bonds. The van der Waals surface area contributed by atoms with Crippen LogP contribution in [0.2, 0.25) is 0 Å². The maximum Gasteiger partial charge on any atom is 0.389 e. The summed E-state index contributed by atoms with van der Waals surface area (Å²) in [6.07, 6.45) is -6.35. The smallest absolute Gasteiger partial charge is 0.389 e. The lowest BCUT2D eigenvalue weighted by Crippen LogP contribution is -2.33. The molecule has 0 fully saturated rings. The first kappa shape index (κ1) is 15.7. The van der Waals surface area contributed by atoms with Gasteiger partial charge in [-0.1, -0.05) is 6.92 Å². The summed E-state index contributed by atoms with van der Waals surface area (Å²) in [5, 5.41) is 9.07. The predicted molar refractivity (Wildman–Crippen MR) is 53.4 cm³/mol. The van der Waals surface area contributed by atoms with Gasteiger partial charge in [-0.25, -0.2) is 13.1 Å². The molecular weight excluding hydrogens is 247 g/mol. The average Bonchev–Trinajstić information content (AvgIpc) is 2.12. The molecule has 0 aromatic rings. The molecule has 8 heteroatoms. The third-order valence-corrected chi connectivity index (χ3v) is 3.32. The SMILES string of the molecule is CCC(O)CNS(=O)(=O)CCCC(F)(F)F. The van der Waals surface area contributed by atoms with Gasteiger partial charge in [0.1, 0.15) is 0 Å². The summed E-state index contributed by atoms with van der Waals surface area (Å²) in [7, 11) is -3.72. The van der Waals surface area contributed by atoms with Crippen LogP contribution in [-0.4, -0.2) is 38.1 Å². The molecule has 0 aliphatic rings. The largest absolute Gasteiger partial charge is 0.392 e. The summed E-state index contributed by atoms with van der Waals surface area (Å²) in [6, 6.07) is 0. The first-order valence-corrected chi connectivity index (χ1v) is 6.53. The van der Waals surface area contributed by atoms with Gasteiger partial charge in [0.05, 0.1) is 11.9 Å². The number of sulfonamides is 1. The van der Waals surface area contributed by atoms with Crippen LogP contribution >= 0.6 is 0 Å². The number of rotatable bonds is 7. The predicted octanol–water partition coefficient (Wildman–Crippen LogP) is 1.02. The molecule has 0 aromatic carbocycles. The fraction of sp³-hybridized carbons (Fsp3) is 1.00. The maximum absolute atomic E-state index is 11.7. The first-order chi connectivity index (χ1) is 7.16. The van der Waals surface area contributed by atoms with Crippen molar-refractivity contribution in [2.45, 2.75) is 38.5 Å². The minimum Gasteiger partial charge on any atom is -0.392 e. The van der Waals surface area contributed by atoms with E-state index in [0.29, 0.717) is 6.42 Å². The molecule has 0 aromatic heterocycles. The van der Waals surface area contributed by atoms with Crippen molar-refractivity contribution in [2.75, 3.05) is 12.3 Å². The van der Waals surface area contributed by atoms with Crippen molar-refractivity contribution >= 4 is 10.0 Å². The number of halogens is 3. The Hall–Kier alpha value is -0.340. The van der Waals surface area contributed by atoms with Gasteiger partial charge in [-0.05, 0) is 12.8 Å². The minimum atomic E-state index is -4.33. The molecule has 0 rings (SSSR count). The van der Waals surface area contributed by atoms with Crippen molar-refractivity contribution in [3.05, 3.63) is 0 Å². The van der Waals surface area contributed by atoms with Crippen LogP contribution in [0.4, 0.5) is 13.2 Å². The van der Waals surface area contributed by atoms with Crippen LogP contribution < -0.4 is 4.72 Å².